The molecule has 8 heteroatoms. The van der Waals surface area contributed by atoms with Gasteiger partial charge in [-0.2, -0.15) is 13.2 Å². The molecule has 1 aliphatic rings. The molecule has 0 saturated heterocycles. The molecule has 0 aromatic rings. The predicted octanol–water partition coefficient (Wildman–Crippen LogP) is 1.37. The van der Waals surface area contributed by atoms with Crippen LogP contribution in [-0.2, 0) is 9.84 Å². The zero-order valence-electron chi connectivity index (χ0n) is 10.2. The minimum atomic E-state index is -4.30. The van der Waals surface area contributed by atoms with E-state index < -0.39 is 33.7 Å². The molecule has 0 aliphatic heterocycles. The average molecular weight is 288 g/mol. The summed E-state index contributed by atoms with van der Waals surface area (Å²) in [6.07, 6.45) is -2.20. The van der Waals surface area contributed by atoms with Crippen molar-refractivity contribution < 1.29 is 21.6 Å². The van der Waals surface area contributed by atoms with Gasteiger partial charge in [0.1, 0.15) is 9.84 Å². The molecule has 0 aromatic heterocycles. The molecule has 0 bridgehead atoms. The third-order valence-electron chi connectivity index (χ3n) is 3.51. The largest absolute Gasteiger partial charge is 0.390 e. The van der Waals surface area contributed by atoms with Crippen molar-refractivity contribution in [3.05, 3.63) is 0 Å². The number of rotatable bonds is 4. The van der Waals surface area contributed by atoms with Crippen molar-refractivity contribution in [1.29, 1.82) is 0 Å². The van der Waals surface area contributed by atoms with Crippen LogP contribution >= 0.6 is 0 Å². The number of halogens is 3. The van der Waals surface area contributed by atoms with Crippen molar-refractivity contribution in [2.24, 2.45) is 11.8 Å². The maximum Gasteiger partial charge on any atom is 0.390 e. The van der Waals surface area contributed by atoms with Crippen LogP contribution in [0.25, 0.3) is 0 Å². The molecule has 0 radical (unpaired) electrons. The Hall–Kier alpha value is -0.340. The Morgan fingerprint density at radius 2 is 2.00 bits per heavy atom. The highest BCUT2D eigenvalue weighted by Crippen LogP contribution is 2.34. The average Bonchev–Trinajstić information content (AvgIpc) is 2.23. The summed E-state index contributed by atoms with van der Waals surface area (Å²) in [5, 5.41) is -0.541. The van der Waals surface area contributed by atoms with Gasteiger partial charge in [0.25, 0.3) is 0 Å². The molecule has 0 aromatic carbocycles. The Balaban J connectivity index is 2.70. The summed E-state index contributed by atoms with van der Waals surface area (Å²) in [6.45, 7) is 0. The quantitative estimate of drug-likeness (QED) is 0.605. The summed E-state index contributed by atoms with van der Waals surface area (Å²) in [4.78, 5) is 0. The van der Waals surface area contributed by atoms with Gasteiger partial charge in [-0.3, -0.25) is 11.3 Å². The Morgan fingerprint density at radius 1 is 1.39 bits per heavy atom. The van der Waals surface area contributed by atoms with E-state index in [2.05, 4.69) is 5.43 Å². The number of alkyl halides is 3. The molecule has 3 atom stereocenters. The maximum atomic E-state index is 12.4. The molecule has 4 nitrogen and oxygen atoms in total. The molecule has 1 rings (SSSR count). The van der Waals surface area contributed by atoms with Gasteiger partial charge in [-0.1, -0.05) is 6.42 Å². The second kappa shape index (κ2) is 5.75. The van der Waals surface area contributed by atoms with E-state index in [9.17, 15) is 21.6 Å². The summed E-state index contributed by atoms with van der Waals surface area (Å²) >= 11 is 0. The van der Waals surface area contributed by atoms with Crippen LogP contribution in [0.4, 0.5) is 13.2 Å². The molecule has 1 aliphatic carbocycles. The molecule has 0 spiro atoms. The minimum absolute atomic E-state index is 0.254. The molecule has 0 heterocycles. The highest BCUT2D eigenvalue weighted by atomic mass is 32.2. The summed E-state index contributed by atoms with van der Waals surface area (Å²) in [7, 11) is -3.19. The fourth-order valence-electron chi connectivity index (χ4n) is 2.55. The van der Waals surface area contributed by atoms with Crippen molar-refractivity contribution in [3.8, 4) is 0 Å². The predicted molar refractivity (Wildman–Crippen MR) is 62.4 cm³/mol. The van der Waals surface area contributed by atoms with Crippen LogP contribution in [0.1, 0.15) is 32.1 Å². The molecule has 108 valence electrons. The van der Waals surface area contributed by atoms with E-state index in [1.807, 2.05) is 0 Å². The lowest BCUT2D eigenvalue weighted by molar-refractivity contribution is -0.143. The van der Waals surface area contributed by atoms with Crippen molar-refractivity contribution in [2.45, 2.75) is 49.6 Å². The lowest BCUT2D eigenvalue weighted by Crippen LogP contribution is -2.46. The van der Waals surface area contributed by atoms with E-state index in [4.69, 9.17) is 5.84 Å². The normalized spacial score (nSPS) is 28.1. The van der Waals surface area contributed by atoms with Crippen LogP contribution in [0.5, 0.6) is 0 Å². The van der Waals surface area contributed by atoms with E-state index in [-0.39, 0.29) is 12.3 Å². The minimum Gasteiger partial charge on any atom is -0.271 e. The van der Waals surface area contributed by atoms with Crippen molar-refractivity contribution >= 4 is 9.84 Å². The molecule has 18 heavy (non-hydrogen) atoms. The van der Waals surface area contributed by atoms with Gasteiger partial charge < -0.3 is 0 Å². The first-order chi connectivity index (χ1) is 8.13. The summed E-state index contributed by atoms with van der Waals surface area (Å²) < 4.78 is 60.0. The number of hydrogen-bond acceptors (Lipinski definition) is 4. The van der Waals surface area contributed by atoms with Crippen molar-refractivity contribution in [3.63, 3.8) is 0 Å². The van der Waals surface area contributed by atoms with Gasteiger partial charge in [-0.15, -0.1) is 0 Å². The molecule has 1 fully saturated rings. The number of hydrazine groups is 1. The Labute approximate surface area is 105 Å². The Morgan fingerprint density at radius 3 is 2.44 bits per heavy atom. The zero-order chi connectivity index (χ0) is 14.0. The SMILES string of the molecule is CS(=O)(=O)C1CCCC(C(CC(F)(F)F)NN)C1. The lowest BCUT2D eigenvalue weighted by atomic mass is 9.82. The second-order valence-corrected chi connectivity index (χ2v) is 7.30. The molecule has 0 amide bonds. The number of hydrogen-bond donors (Lipinski definition) is 2. The highest BCUT2D eigenvalue weighted by Gasteiger charge is 2.38. The van der Waals surface area contributed by atoms with Crippen LogP contribution in [0.15, 0.2) is 0 Å². The van der Waals surface area contributed by atoms with E-state index in [1.165, 1.54) is 0 Å². The van der Waals surface area contributed by atoms with Crippen LogP contribution in [0.2, 0.25) is 0 Å². The van der Waals surface area contributed by atoms with E-state index in [0.717, 1.165) is 6.26 Å². The third kappa shape index (κ3) is 4.74. The van der Waals surface area contributed by atoms with Crippen LogP contribution in [0, 0.1) is 5.92 Å². The summed E-state index contributed by atoms with van der Waals surface area (Å²) in [5.74, 6) is 4.82. The highest BCUT2D eigenvalue weighted by molar-refractivity contribution is 7.91. The maximum absolute atomic E-state index is 12.4. The fraction of sp³-hybridized carbons (Fsp3) is 1.00. The smallest absolute Gasteiger partial charge is 0.271 e. The number of nitrogens with two attached hydrogens (primary N) is 1. The van der Waals surface area contributed by atoms with E-state index in [0.29, 0.717) is 19.3 Å². The Kier molecular flexibility index (Phi) is 5.02. The first-order valence-corrected chi connectivity index (χ1v) is 7.80. The standard InChI is InChI=1S/C10H19F3N2O2S/c1-18(16,17)8-4-2-3-7(5-8)9(15-14)6-10(11,12)13/h7-9,15H,2-6,14H2,1H3. The summed E-state index contributed by atoms with van der Waals surface area (Å²) in [6, 6.07) is -0.908. The lowest BCUT2D eigenvalue weighted by Gasteiger charge is -2.33. The molecule has 3 unspecified atom stereocenters. The van der Waals surface area contributed by atoms with Gasteiger partial charge in [0, 0.05) is 12.3 Å². The summed E-state index contributed by atoms with van der Waals surface area (Å²) in [5.41, 5.74) is 2.19. The van der Waals surface area contributed by atoms with Gasteiger partial charge in [0.05, 0.1) is 11.7 Å². The Bertz CT molecular complexity index is 370. The monoisotopic (exact) mass is 288 g/mol. The van der Waals surface area contributed by atoms with E-state index in [1.54, 1.807) is 0 Å². The second-order valence-electron chi connectivity index (χ2n) is 4.97. The first kappa shape index (κ1) is 15.7. The van der Waals surface area contributed by atoms with Crippen molar-refractivity contribution in [2.75, 3.05) is 6.26 Å². The first-order valence-electron chi connectivity index (χ1n) is 5.85. The van der Waals surface area contributed by atoms with Crippen LogP contribution in [0.3, 0.4) is 0 Å². The van der Waals surface area contributed by atoms with Crippen molar-refractivity contribution in [1.82, 2.24) is 5.43 Å². The van der Waals surface area contributed by atoms with Crippen LogP contribution in [-0.4, -0.2) is 32.1 Å². The number of sulfone groups is 1. The number of nitrogens with one attached hydrogen (secondary N) is 1. The van der Waals surface area contributed by atoms with Gasteiger partial charge in [-0.25, -0.2) is 8.42 Å². The third-order valence-corrected chi connectivity index (χ3v) is 5.15. The molecular formula is C10H19F3N2O2S. The molecule has 3 N–H and O–H groups in total. The van der Waals surface area contributed by atoms with Gasteiger partial charge >= 0.3 is 6.18 Å². The fourth-order valence-corrected chi connectivity index (χ4v) is 3.74. The van der Waals surface area contributed by atoms with Gasteiger partial charge in [0.15, 0.2) is 0 Å². The van der Waals surface area contributed by atoms with Crippen LogP contribution < -0.4 is 11.3 Å². The van der Waals surface area contributed by atoms with E-state index >= 15 is 0 Å². The van der Waals surface area contributed by atoms with Gasteiger partial charge in [0.2, 0.25) is 0 Å². The molecule has 1 saturated carbocycles. The molecular weight excluding hydrogens is 269 g/mol. The van der Waals surface area contributed by atoms with Gasteiger partial charge in [-0.05, 0) is 25.2 Å². The zero-order valence-corrected chi connectivity index (χ0v) is 11.0. The topological polar surface area (TPSA) is 72.2 Å².